The van der Waals surface area contributed by atoms with Crippen molar-refractivity contribution in [3.63, 3.8) is 0 Å². The summed E-state index contributed by atoms with van der Waals surface area (Å²) in [6.07, 6.45) is 3.08. The Balaban J connectivity index is 1.78. The van der Waals surface area contributed by atoms with Gasteiger partial charge in [0.05, 0.1) is 16.6 Å². The predicted octanol–water partition coefficient (Wildman–Crippen LogP) is 2.98. The molecule has 0 aromatic carbocycles. The summed E-state index contributed by atoms with van der Waals surface area (Å²) in [7, 11) is 0. The molecule has 2 aromatic rings. The van der Waals surface area contributed by atoms with Gasteiger partial charge in [0.25, 0.3) is 0 Å². The smallest absolute Gasteiger partial charge is 0.306 e. The second-order valence-electron chi connectivity index (χ2n) is 4.51. The molecule has 2 aromatic heterocycles. The van der Waals surface area contributed by atoms with E-state index in [1.807, 2.05) is 6.07 Å². The number of aryl methyl sites for hydroxylation is 1. The fourth-order valence-electron chi connectivity index (χ4n) is 2.28. The molecule has 18 heavy (non-hydrogen) atoms. The number of aliphatic carboxylic acids is 1. The van der Waals surface area contributed by atoms with Crippen LogP contribution in [0.25, 0.3) is 0 Å². The number of carbonyl (C=O) groups is 1. The molecule has 0 fully saturated rings. The first-order chi connectivity index (χ1) is 8.72. The van der Waals surface area contributed by atoms with Crippen molar-refractivity contribution in [1.29, 1.82) is 0 Å². The first kappa shape index (κ1) is 11.9. The number of fused-ring (bicyclic) bond motifs is 1. The van der Waals surface area contributed by atoms with E-state index in [0.717, 1.165) is 30.0 Å². The standard InChI is InChI=1S/C13H13NO2S2/c15-13(16)8-3-4-10-11(6-8)18-12(14-10)7-9-2-1-5-17-9/h1-2,5,8H,3-4,6-7H2,(H,15,16). The van der Waals surface area contributed by atoms with Gasteiger partial charge in [0.15, 0.2) is 0 Å². The molecule has 0 radical (unpaired) electrons. The zero-order chi connectivity index (χ0) is 12.5. The Morgan fingerprint density at radius 3 is 3.17 bits per heavy atom. The summed E-state index contributed by atoms with van der Waals surface area (Å²) in [5.41, 5.74) is 1.13. The van der Waals surface area contributed by atoms with Crippen LogP contribution in [-0.2, 0) is 24.1 Å². The highest BCUT2D eigenvalue weighted by atomic mass is 32.1. The number of carboxylic acid groups (broad SMARTS) is 1. The Kier molecular flexibility index (Phi) is 3.18. The van der Waals surface area contributed by atoms with Crippen molar-refractivity contribution in [2.24, 2.45) is 5.92 Å². The molecule has 0 bridgehead atoms. The second-order valence-corrected chi connectivity index (χ2v) is 6.71. The molecule has 1 atom stereocenters. The van der Waals surface area contributed by atoms with Gasteiger partial charge in [0.1, 0.15) is 0 Å². The van der Waals surface area contributed by atoms with Gasteiger partial charge in [0.2, 0.25) is 0 Å². The molecule has 1 N–H and O–H groups in total. The van der Waals surface area contributed by atoms with Crippen LogP contribution >= 0.6 is 22.7 Å². The molecule has 0 saturated heterocycles. The van der Waals surface area contributed by atoms with Crippen LogP contribution in [0.3, 0.4) is 0 Å². The highest BCUT2D eigenvalue weighted by Crippen LogP contribution is 2.31. The molecule has 5 heteroatoms. The van der Waals surface area contributed by atoms with E-state index in [4.69, 9.17) is 5.11 Å². The van der Waals surface area contributed by atoms with Crippen molar-refractivity contribution in [3.8, 4) is 0 Å². The molecule has 3 rings (SSSR count). The van der Waals surface area contributed by atoms with E-state index >= 15 is 0 Å². The summed E-state index contributed by atoms with van der Waals surface area (Å²) in [6.45, 7) is 0. The maximum Gasteiger partial charge on any atom is 0.306 e. The summed E-state index contributed by atoms with van der Waals surface area (Å²) in [6, 6.07) is 4.17. The minimum Gasteiger partial charge on any atom is -0.481 e. The lowest BCUT2D eigenvalue weighted by Gasteiger charge is -2.16. The third-order valence-electron chi connectivity index (χ3n) is 3.24. The van der Waals surface area contributed by atoms with Gasteiger partial charge in [-0.15, -0.1) is 22.7 Å². The minimum atomic E-state index is -0.672. The van der Waals surface area contributed by atoms with Gasteiger partial charge >= 0.3 is 5.97 Å². The van der Waals surface area contributed by atoms with Crippen LogP contribution in [-0.4, -0.2) is 16.1 Å². The largest absolute Gasteiger partial charge is 0.481 e. The second kappa shape index (κ2) is 4.82. The molecule has 3 nitrogen and oxygen atoms in total. The van der Waals surface area contributed by atoms with Crippen LogP contribution in [0.2, 0.25) is 0 Å². The molecule has 0 saturated carbocycles. The van der Waals surface area contributed by atoms with Gasteiger partial charge in [-0.05, 0) is 30.7 Å². The lowest BCUT2D eigenvalue weighted by molar-refractivity contribution is -0.142. The van der Waals surface area contributed by atoms with Crippen LogP contribution in [0.1, 0.15) is 26.9 Å². The molecular weight excluding hydrogens is 266 g/mol. The summed E-state index contributed by atoms with van der Waals surface area (Å²) in [5.74, 6) is -0.888. The van der Waals surface area contributed by atoms with E-state index in [9.17, 15) is 4.79 Å². The molecular formula is C13H13NO2S2. The summed E-state index contributed by atoms with van der Waals surface area (Å²) in [4.78, 5) is 18.2. The SMILES string of the molecule is O=C(O)C1CCc2nc(Cc3cccs3)sc2C1. The van der Waals surface area contributed by atoms with Crippen LogP contribution in [0.4, 0.5) is 0 Å². The van der Waals surface area contributed by atoms with Crippen LogP contribution in [0.15, 0.2) is 17.5 Å². The fourth-order valence-corrected chi connectivity index (χ4v) is 4.30. The summed E-state index contributed by atoms with van der Waals surface area (Å²) < 4.78 is 0. The van der Waals surface area contributed by atoms with Crippen molar-refractivity contribution in [2.45, 2.75) is 25.7 Å². The normalized spacial score (nSPS) is 18.6. The van der Waals surface area contributed by atoms with Gasteiger partial charge in [-0.25, -0.2) is 4.98 Å². The monoisotopic (exact) mass is 279 g/mol. The zero-order valence-corrected chi connectivity index (χ0v) is 11.4. The Bertz CT molecular complexity index is 560. The van der Waals surface area contributed by atoms with Gasteiger partial charge in [-0.1, -0.05) is 6.07 Å². The van der Waals surface area contributed by atoms with Crippen LogP contribution < -0.4 is 0 Å². The Morgan fingerprint density at radius 2 is 2.44 bits per heavy atom. The van der Waals surface area contributed by atoms with Gasteiger partial charge in [-0.2, -0.15) is 0 Å². The number of aromatic nitrogens is 1. The van der Waals surface area contributed by atoms with Gasteiger partial charge < -0.3 is 5.11 Å². The molecule has 1 aliphatic carbocycles. The number of nitrogens with zero attached hydrogens (tertiary/aromatic N) is 1. The third-order valence-corrected chi connectivity index (χ3v) is 5.24. The highest BCUT2D eigenvalue weighted by Gasteiger charge is 2.27. The van der Waals surface area contributed by atoms with E-state index in [2.05, 4.69) is 16.4 Å². The number of rotatable bonds is 3. The molecule has 2 heterocycles. The maximum absolute atomic E-state index is 11.0. The minimum absolute atomic E-state index is 0.215. The molecule has 1 aliphatic rings. The van der Waals surface area contributed by atoms with Gasteiger partial charge in [0, 0.05) is 16.2 Å². The van der Waals surface area contributed by atoms with Crippen LogP contribution in [0.5, 0.6) is 0 Å². The first-order valence-electron chi connectivity index (χ1n) is 5.95. The summed E-state index contributed by atoms with van der Waals surface area (Å²) in [5, 5.41) is 12.3. The number of hydrogen-bond donors (Lipinski definition) is 1. The zero-order valence-electron chi connectivity index (χ0n) is 9.76. The first-order valence-corrected chi connectivity index (χ1v) is 7.64. The fraction of sp³-hybridized carbons (Fsp3) is 0.385. The topological polar surface area (TPSA) is 50.2 Å². The molecule has 94 valence electrons. The quantitative estimate of drug-likeness (QED) is 0.939. The predicted molar refractivity (Wildman–Crippen MR) is 72.4 cm³/mol. The number of thiophene rings is 1. The van der Waals surface area contributed by atoms with E-state index in [0.29, 0.717) is 6.42 Å². The van der Waals surface area contributed by atoms with E-state index in [-0.39, 0.29) is 5.92 Å². The van der Waals surface area contributed by atoms with Crippen molar-refractivity contribution in [1.82, 2.24) is 4.98 Å². The lowest BCUT2D eigenvalue weighted by atomic mass is 9.91. The van der Waals surface area contributed by atoms with Crippen molar-refractivity contribution >= 4 is 28.6 Å². The molecule has 0 amide bonds. The third kappa shape index (κ3) is 2.33. The molecule has 0 aliphatic heterocycles. The van der Waals surface area contributed by atoms with Crippen molar-refractivity contribution in [2.75, 3.05) is 0 Å². The Labute approximate surface area is 113 Å². The Hall–Kier alpha value is -1.20. The van der Waals surface area contributed by atoms with E-state index < -0.39 is 5.97 Å². The highest BCUT2D eigenvalue weighted by molar-refractivity contribution is 7.12. The maximum atomic E-state index is 11.0. The van der Waals surface area contributed by atoms with Crippen molar-refractivity contribution in [3.05, 3.63) is 38.0 Å². The average molecular weight is 279 g/mol. The van der Waals surface area contributed by atoms with Crippen LogP contribution in [0, 0.1) is 5.92 Å². The number of thiazole rings is 1. The number of hydrogen-bond acceptors (Lipinski definition) is 4. The lowest BCUT2D eigenvalue weighted by Crippen LogP contribution is -2.21. The summed E-state index contributed by atoms with van der Waals surface area (Å²) >= 11 is 3.43. The average Bonchev–Trinajstić information content (AvgIpc) is 2.96. The van der Waals surface area contributed by atoms with E-state index in [1.54, 1.807) is 22.7 Å². The molecule has 0 spiro atoms. The Morgan fingerprint density at radius 1 is 1.56 bits per heavy atom. The van der Waals surface area contributed by atoms with Crippen molar-refractivity contribution < 1.29 is 9.90 Å². The number of carboxylic acids is 1. The molecule has 1 unspecified atom stereocenters. The van der Waals surface area contributed by atoms with E-state index in [1.165, 1.54) is 9.75 Å². The van der Waals surface area contributed by atoms with Gasteiger partial charge in [-0.3, -0.25) is 4.79 Å².